The molecule has 0 amide bonds. The molecule has 52 heavy (non-hydrogen) atoms. The van der Waals surface area contributed by atoms with Gasteiger partial charge in [-0.3, -0.25) is 0 Å². The first-order chi connectivity index (χ1) is 25.7. The average Bonchev–Trinajstić information content (AvgIpc) is 3.78. The number of nitrogens with zero attached hydrogens (tertiary/aromatic N) is 2. The summed E-state index contributed by atoms with van der Waals surface area (Å²) in [5, 5.41) is 8.00. The minimum atomic E-state index is 0.685. The Bertz CT molecular complexity index is 3190. The first-order valence-electron chi connectivity index (χ1n) is 17.5. The summed E-state index contributed by atoms with van der Waals surface area (Å²) in [4.78, 5) is 10.9. The van der Waals surface area contributed by atoms with Gasteiger partial charge in [0.2, 0.25) is 0 Å². The predicted molar refractivity (Wildman–Crippen MR) is 219 cm³/mol. The summed E-state index contributed by atoms with van der Waals surface area (Å²) in [6, 6.07) is 60.3. The molecule has 0 bridgehead atoms. The van der Waals surface area contributed by atoms with Crippen molar-refractivity contribution >= 4 is 75.1 Å². The van der Waals surface area contributed by atoms with Crippen molar-refractivity contribution in [3.05, 3.63) is 170 Å². The van der Waals surface area contributed by atoms with E-state index in [1.807, 2.05) is 12.1 Å². The number of thiophene rings is 1. The van der Waals surface area contributed by atoms with Gasteiger partial charge >= 0.3 is 0 Å². The van der Waals surface area contributed by atoms with Crippen LogP contribution in [-0.4, -0.2) is 9.97 Å². The van der Waals surface area contributed by atoms with Crippen LogP contribution in [0.15, 0.2) is 174 Å². The van der Waals surface area contributed by atoms with Crippen molar-refractivity contribution < 1.29 is 4.42 Å². The zero-order valence-corrected chi connectivity index (χ0v) is 28.7. The number of aromatic nitrogens is 2. The highest BCUT2D eigenvalue weighted by Gasteiger charge is 2.21. The Kier molecular flexibility index (Phi) is 6.42. The van der Waals surface area contributed by atoms with Crippen molar-refractivity contribution in [1.29, 1.82) is 0 Å². The molecule has 4 heteroatoms. The first-order valence-corrected chi connectivity index (χ1v) is 18.3. The highest BCUT2D eigenvalue weighted by atomic mass is 32.1. The lowest BCUT2D eigenvalue weighted by molar-refractivity contribution is 0.669. The maximum absolute atomic E-state index is 6.56. The Morgan fingerprint density at radius 1 is 0.423 bits per heavy atom. The maximum Gasteiger partial charge on any atom is 0.161 e. The lowest BCUT2D eigenvalue weighted by Gasteiger charge is -2.12. The van der Waals surface area contributed by atoms with Crippen LogP contribution in [0.5, 0.6) is 0 Å². The molecule has 0 aliphatic rings. The molecule has 0 spiro atoms. The second-order valence-corrected chi connectivity index (χ2v) is 14.4. The van der Waals surface area contributed by atoms with Gasteiger partial charge in [0.25, 0.3) is 0 Å². The Morgan fingerprint density at radius 3 is 1.90 bits per heavy atom. The van der Waals surface area contributed by atoms with Crippen LogP contribution in [0.3, 0.4) is 0 Å². The fourth-order valence-corrected chi connectivity index (χ4v) is 8.83. The van der Waals surface area contributed by atoms with Crippen molar-refractivity contribution in [3.63, 3.8) is 0 Å². The monoisotopic (exact) mass is 680 g/mol. The van der Waals surface area contributed by atoms with E-state index in [0.29, 0.717) is 5.82 Å². The molecule has 11 rings (SSSR count). The Hall–Kier alpha value is -6.62. The van der Waals surface area contributed by atoms with E-state index in [9.17, 15) is 0 Å². The topological polar surface area (TPSA) is 38.9 Å². The van der Waals surface area contributed by atoms with E-state index in [2.05, 4.69) is 158 Å². The van der Waals surface area contributed by atoms with Crippen LogP contribution >= 0.6 is 11.3 Å². The van der Waals surface area contributed by atoms with Crippen LogP contribution in [0.1, 0.15) is 0 Å². The zero-order chi connectivity index (χ0) is 34.2. The van der Waals surface area contributed by atoms with Gasteiger partial charge in [-0.05, 0) is 86.3 Å². The molecule has 242 valence electrons. The van der Waals surface area contributed by atoms with Crippen LogP contribution in [0.25, 0.3) is 109 Å². The highest BCUT2D eigenvalue weighted by Crippen LogP contribution is 2.44. The minimum Gasteiger partial charge on any atom is -0.456 e. The molecule has 0 radical (unpaired) electrons. The Morgan fingerprint density at radius 2 is 1.06 bits per heavy atom. The van der Waals surface area contributed by atoms with Crippen molar-refractivity contribution in [3.8, 4) is 44.9 Å². The standard InChI is InChI=1S/C48H28N2OS/c1-2-10-29(11-3-1)32-20-21-34-26-36(23-22-33(34)25-32)45-47-46(39-15-7-9-17-43(39)52-47)50-48(49-45)40-27-37(35-19-18-30-12-4-5-13-31(30)24-35)28-42-44(40)38-14-6-8-16-41(38)51-42/h1-28H. The lowest BCUT2D eigenvalue weighted by atomic mass is 9.96. The smallest absolute Gasteiger partial charge is 0.161 e. The van der Waals surface area contributed by atoms with Crippen molar-refractivity contribution in [2.24, 2.45) is 0 Å². The van der Waals surface area contributed by atoms with E-state index in [-0.39, 0.29) is 0 Å². The summed E-state index contributed by atoms with van der Waals surface area (Å²) in [5.74, 6) is 0.685. The molecular weight excluding hydrogens is 653 g/mol. The molecule has 0 aliphatic heterocycles. The summed E-state index contributed by atoms with van der Waals surface area (Å²) in [6.45, 7) is 0. The zero-order valence-electron chi connectivity index (χ0n) is 27.9. The molecule has 11 aromatic rings. The summed E-state index contributed by atoms with van der Waals surface area (Å²) >= 11 is 1.76. The van der Waals surface area contributed by atoms with E-state index in [0.717, 1.165) is 65.5 Å². The number of hydrogen-bond donors (Lipinski definition) is 0. The molecule has 0 unspecified atom stereocenters. The second-order valence-electron chi connectivity index (χ2n) is 13.4. The quantitative estimate of drug-likeness (QED) is 0.186. The maximum atomic E-state index is 6.56. The van der Waals surface area contributed by atoms with Crippen LogP contribution in [0, 0.1) is 0 Å². The summed E-state index contributed by atoms with van der Waals surface area (Å²) in [7, 11) is 0. The summed E-state index contributed by atoms with van der Waals surface area (Å²) in [5.41, 5.74) is 10.2. The van der Waals surface area contributed by atoms with Crippen LogP contribution in [0.2, 0.25) is 0 Å². The third-order valence-electron chi connectivity index (χ3n) is 10.2. The second kappa shape index (κ2) is 11.5. The van der Waals surface area contributed by atoms with E-state index in [4.69, 9.17) is 14.4 Å². The molecule has 3 heterocycles. The molecule has 0 saturated heterocycles. The fraction of sp³-hybridized carbons (Fsp3) is 0. The van der Waals surface area contributed by atoms with Gasteiger partial charge in [0.05, 0.1) is 15.9 Å². The third kappa shape index (κ3) is 4.65. The molecule has 0 fully saturated rings. The molecule has 3 aromatic heterocycles. The van der Waals surface area contributed by atoms with Crippen molar-refractivity contribution in [2.75, 3.05) is 0 Å². The van der Waals surface area contributed by atoms with Gasteiger partial charge in [0.15, 0.2) is 5.82 Å². The third-order valence-corrected chi connectivity index (χ3v) is 11.4. The number of benzene rings is 8. The molecular formula is C48H28N2OS. The number of furan rings is 1. The highest BCUT2D eigenvalue weighted by molar-refractivity contribution is 7.26. The van der Waals surface area contributed by atoms with E-state index in [1.165, 1.54) is 37.4 Å². The summed E-state index contributed by atoms with van der Waals surface area (Å²) < 4.78 is 8.84. The Labute approximate surface area is 303 Å². The van der Waals surface area contributed by atoms with Gasteiger partial charge in [-0.15, -0.1) is 11.3 Å². The van der Waals surface area contributed by atoms with Gasteiger partial charge in [-0.25, -0.2) is 9.97 Å². The van der Waals surface area contributed by atoms with E-state index < -0.39 is 0 Å². The molecule has 0 N–H and O–H groups in total. The van der Waals surface area contributed by atoms with Crippen molar-refractivity contribution in [1.82, 2.24) is 9.97 Å². The van der Waals surface area contributed by atoms with E-state index >= 15 is 0 Å². The molecule has 0 aliphatic carbocycles. The van der Waals surface area contributed by atoms with Gasteiger partial charge in [-0.1, -0.05) is 127 Å². The van der Waals surface area contributed by atoms with E-state index in [1.54, 1.807) is 11.3 Å². The van der Waals surface area contributed by atoms with Crippen LogP contribution in [0.4, 0.5) is 0 Å². The SMILES string of the molecule is c1ccc(-c2ccc3cc(-c4nc(-c5cc(-c6ccc7ccccc7c6)cc6oc7ccccc7c56)nc5c4sc4ccccc45)ccc3c2)cc1. The number of hydrogen-bond acceptors (Lipinski definition) is 4. The Balaban J connectivity index is 1.17. The fourth-order valence-electron chi connectivity index (χ4n) is 7.68. The number of rotatable bonds is 4. The predicted octanol–water partition coefficient (Wildman–Crippen LogP) is 13.7. The van der Waals surface area contributed by atoms with Crippen molar-refractivity contribution in [2.45, 2.75) is 0 Å². The van der Waals surface area contributed by atoms with Gasteiger partial charge in [0, 0.05) is 32.0 Å². The largest absolute Gasteiger partial charge is 0.456 e. The molecule has 8 aromatic carbocycles. The normalized spacial score (nSPS) is 11.8. The van der Waals surface area contributed by atoms with Crippen LogP contribution in [-0.2, 0) is 0 Å². The van der Waals surface area contributed by atoms with Gasteiger partial charge in [0.1, 0.15) is 11.2 Å². The number of para-hydroxylation sites is 1. The van der Waals surface area contributed by atoms with Crippen LogP contribution < -0.4 is 0 Å². The minimum absolute atomic E-state index is 0.685. The molecule has 0 atom stereocenters. The average molecular weight is 681 g/mol. The molecule has 0 saturated carbocycles. The number of fused-ring (bicyclic) bond motifs is 8. The lowest BCUT2D eigenvalue weighted by Crippen LogP contribution is -1.95. The molecule has 3 nitrogen and oxygen atoms in total. The summed E-state index contributed by atoms with van der Waals surface area (Å²) in [6.07, 6.45) is 0. The van der Waals surface area contributed by atoms with Gasteiger partial charge < -0.3 is 4.42 Å². The first kappa shape index (κ1) is 29.1. The van der Waals surface area contributed by atoms with Gasteiger partial charge in [-0.2, -0.15) is 0 Å².